The van der Waals surface area contributed by atoms with Crippen LogP contribution in [0, 0.1) is 5.92 Å². The SMILES string of the molecule is CCCCNC(=O)c1cccc2c1NC(c1cccnc1)C1CC=CC21. The van der Waals surface area contributed by atoms with Gasteiger partial charge in [0.25, 0.3) is 5.91 Å². The first-order valence-electron chi connectivity index (χ1n) is 9.54. The van der Waals surface area contributed by atoms with Crippen molar-refractivity contribution >= 4 is 11.6 Å². The van der Waals surface area contributed by atoms with Gasteiger partial charge in [-0.2, -0.15) is 0 Å². The molecule has 0 saturated carbocycles. The maximum absolute atomic E-state index is 12.7. The van der Waals surface area contributed by atoms with Crippen LogP contribution < -0.4 is 10.6 Å². The number of nitrogens with zero attached hydrogens (tertiary/aromatic N) is 1. The van der Waals surface area contributed by atoms with Crippen molar-refractivity contribution in [2.45, 2.75) is 38.1 Å². The molecule has 0 spiro atoms. The maximum atomic E-state index is 12.7. The minimum Gasteiger partial charge on any atom is -0.377 e. The number of fused-ring (bicyclic) bond motifs is 3. The summed E-state index contributed by atoms with van der Waals surface area (Å²) in [6.45, 7) is 2.85. The summed E-state index contributed by atoms with van der Waals surface area (Å²) in [6.07, 6.45) is 11.4. The number of aromatic nitrogens is 1. The Kier molecular flexibility index (Phi) is 4.74. The van der Waals surface area contributed by atoms with Crippen LogP contribution in [0.25, 0.3) is 0 Å². The largest absolute Gasteiger partial charge is 0.377 e. The molecule has 0 bridgehead atoms. The first-order chi connectivity index (χ1) is 12.8. The first-order valence-corrected chi connectivity index (χ1v) is 9.54. The predicted octanol–water partition coefficient (Wildman–Crippen LogP) is 4.44. The number of hydrogen-bond donors (Lipinski definition) is 2. The molecule has 1 aromatic carbocycles. The molecule has 134 valence electrons. The Morgan fingerprint density at radius 2 is 2.23 bits per heavy atom. The second kappa shape index (κ2) is 7.32. The summed E-state index contributed by atoms with van der Waals surface area (Å²) >= 11 is 0. The van der Waals surface area contributed by atoms with E-state index in [9.17, 15) is 4.79 Å². The number of allylic oxidation sites excluding steroid dienone is 2. The minimum absolute atomic E-state index is 0.00756. The monoisotopic (exact) mass is 347 g/mol. The quantitative estimate of drug-likeness (QED) is 0.621. The van der Waals surface area contributed by atoms with Crippen LogP contribution in [-0.2, 0) is 0 Å². The van der Waals surface area contributed by atoms with Gasteiger partial charge in [-0.1, -0.05) is 43.7 Å². The number of pyridine rings is 1. The van der Waals surface area contributed by atoms with Gasteiger partial charge in [-0.25, -0.2) is 0 Å². The standard InChI is InChI=1S/C22H25N3O/c1-2-3-13-24-22(26)19-11-5-10-18-16-8-4-9-17(16)20(25-21(18)19)15-7-6-12-23-14-15/h4-8,10-12,14,16-17,20,25H,2-3,9,13H2,1H3,(H,24,26). The number of rotatable bonds is 5. The fourth-order valence-corrected chi connectivity index (χ4v) is 4.17. The molecule has 4 rings (SSSR count). The fourth-order valence-electron chi connectivity index (χ4n) is 4.17. The summed E-state index contributed by atoms with van der Waals surface area (Å²) in [5.74, 6) is 0.818. The molecule has 2 aromatic rings. The van der Waals surface area contributed by atoms with Gasteiger partial charge < -0.3 is 10.6 Å². The lowest BCUT2D eigenvalue weighted by Crippen LogP contribution is -2.32. The molecule has 1 amide bonds. The van der Waals surface area contributed by atoms with Crippen LogP contribution in [0.5, 0.6) is 0 Å². The van der Waals surface area contributed by atoms with Gasteiger partial charge in [-0.15, -0.1) is 0 Å². The summed E-state index contributed by atoms with van der Waals surface area (Å²) in [5, 5.41) is 6.74. The maximum Gasteiger partial charge on any atom is 0.253 e. The highest BCUT2D eigenvalue weighted by Crippen LogP contribution is 2.50. The number of nitrogens with one attached hydrogen (secondary N) is 2. The van der Waals surface area contributed by atoms with Crippen molar-refractivity contribution in [3.05, 3.63) is 71.6 Å². The number of para-hydroxylation sites is 1. The van der Waals surface area contributed by atoms with Crippen LogP contribution >= 0.6 is 0 Å². The van der Waals surface area contributed by atoms with Crippen LogP contribution in [0.3, 0.4) is 0 Å². The van der Waals surface area contributed by atoms with Gasteiger partial charge in [0.05, 0.1) is 17.3 Å². The Hall–Kier alpha value is -2.62. The summed E-state index contributed by atoms with van der Waals surface area (Å²) in [6, 6.07) is 10.3. The molecule has 1 aromatic heterocycles. The zero-order chi connectivity index (χ0) is 17.9. The molecule has 0 saturated heterocycles. The Bertz CT molecular complexity index is 815. The van der Waals surface area contributed by atoms with Gasteiger partial charge >= 0.3 is 0 Å². The van der Waals surface area contributed by atoms with E-state index in [0.717, 1.165) is 37.1 Å². The highest BCUT2D eigenvalue weighted by molar-refractivity contribution is 6.00. The second-order valence-electron chi connectivity index (χ2n) is 7.14. The van der Waals surface area contributed by atoms with E-state index in [-0.39, 0.29) is 11.9 Å². The third-order valence-corrected chi connectivity index (χ3v) is 5.50. The van der Waals surface area contributed by atoms with E-state index < -0.39 is 0 Å². The molecule has 26 heavy (non-hydrogen) atoms. The lowest BCUT2D eigenvalue weighted by atomic mass is 9.76. The normalized spacial score (nSPS) is 23.0. The van der Waals surface area contributed by atoms with Gasteiger partial charge in [0.15, 0.2) is 0 Å². The van der Waals surface area contributed by atoms with Crippen molar-refractivity contribution in [3.63, 3.8) is 0 Å². The summed E-state index contributed by atoms with van der Waals surface area (Å²) in [7, 11) is 0. The zero-order valence-electron chi connectivity index (χ0n) is 15.1. The van der Waals surface area contributed by atoms with Crippen molar-refractivity contribution in [1.82, 2.24) is 10.3 Å². The number of anilines is 1. The van der Waals surface area contributed by atoms with E-state index in [2.05, 4.69) is 46.8 Å². The zero-order valence-corrected chi connectivity index (χ0v) is 15.1. The van der Waals surface area contributed by atoms with E-state index in [1.54, 1.807) is 6.20 Å². The molecule has 1 aliphatic heterocycles. The van der Waals surface area contributed by atoms with Crippen molar-refractivity contribution in [2.75, 3.05) is 11.9 Å². The molecule has 2 aliphatic rings. The van der Waals surface area contributed by atoms with E-state index in [4.69, 9.17) is 0 Å². The van der Waals surface area contributed by atoms with E-state index in [1.165, 1.54) is 11.1 Å². The summed E-state index contributed by atoms with van der Waals surface area (Å²) in [4.78, 5) is 17.0. The van der Waals surface area contributed by atoms with Crippen molar-refractivity contribution in [3.8, 4) is 0 Å². The van der Waals surface area contributed by atoms with Gasteiger partial charge in [0.2, 0.25) is 0 Å². The molecule has 1 aliphatic carbocycles. The number of hydrogen-bond acceptors (Lipinski definition) is 3. The Labute approximate surface area is 154 Å². The Morgan fingerprint density at radius 3 is 3.04 bits per heavy atom. The average Bonchev–Trinajstić information content (AvgIpc) is 3.18. The van der Waals surface area contributed by atoms with Crippen LogP contribution in [0.1, 0.15) is 59.6 Å². The third-order valence-electron chi connectivity index (χ3n) is 5.50. The van der Waals surface area contributed by atoms with E-state index >= 15 is 0 Å². The van der Waals surface area contributed by atoms with Gasteiger partial charge in [-0.3, -0.25) is 9.78 Å². The minimum atomic E-state index is 0.00756. The van der Waals surface area contributed by atoms with Gasteiger partial charge in [0.1, 0.15) is 0 Å². The fraction of sp³-hybridized carbons (Fsp3) is 0.364. The van der Waals surface area contributed by atoms with Crippen LogP contribution in [0.2, 0.25) is 0 Å². The Morgan fingerprint density at radius 1 is 1.31 bits per heavy atom. The van der Waals surface area contributed by atoms with Crippen molar-refractivity contribution in [1.29, 1.82) is 0 Å². The van der Waals surface area contributed by atoms with Gasteiger partial charge in [-0.05, 0) is 42.0 Å². The number of unbranched alkanes of at least 4 members (excludes halogenated alkanes) is 1. The molecule has 4 nitrogen and oxygen atoms in total. The molecule has 4 heteroatoms. The van der Waals surface area contributed by atoms with E-state index in [1.807, 2.05) is 24.4 Å². The van der Waals surface area contributed by atoms with E-state index in [0.29, 0.717) is 11.8 Å². The highest BCUT2D eigenvalue weighted by Gasteiger charge is 2.39. The number of benzene rings is 1. The van der Waals surface area contributed by atoms with Gasteiger partial charge in [0, 0.05) is 24.9 Å². The summed E-state index contributed by atoms with van der Waals surface area (Å²) in [5.41, 5.74) is 4.12. The topological polar surface area (TPSA) is 54.0 Å². The highest BCUT2D eigenvalue weighted by atomic mass is 16.1. The number of carbonyl (C=O) groups is 1. The molecule has 3 atom stereocenters. The second-order valence-corrected chi connectivity index (χ2v) is 7.14. The Balaban J connectivity index is 1.70. The van der Waals surface area contributed by atoms with Crippen molar-refractivity contribution < 1.29 is 4.79 Å². The molecule has 0 radical (unpaired) electrons. The molecule has 2 N–H and O–H groups in total. The molecule has 3 unspecified atom stereocenters. The number of carbonyl (C=O) groups excluding carboxylic acids is 1. The molecule has 0 fully saturated rings. The molecule has 2 heterocycles. The van der Waals surface area contributed by atoms with Crippen LogP contribution in [-0.4, -0.2) is 17.4 Å². The summed E-state index contributed by atoms with van der Waals surface area (Å²) < 4.78 is 0. The third kappa shape index (κ3) is 3.00. The van der Waals surface area contributed by atoms with Crippen LogP contribution in [0.15, 0.2) is 54.9 Å². The first kappa shape index (κ1) is 16.8. The molecular formula is C22H25N3O. The van der Waals surface area contributed by atoms with Crippen LogP contribution in [0.4, 0.5) is 5.69 Å². The molecular weight excluding hydrogens is 322 g/mol. The number of amides is 1. The van der Waals surface area contributed by atoms with Crippen molar-refractivity contribution in [2.24, 2.45) is 5.92 Å². The lowest BCUT2D eigenvalue weighted by Gasteiger charge is -2.38. The predicted molar refractivity (Wildman–Crippen MR) is 104 cm³/mol. The lowest BCUT2D eigenvalue weighted by molar-refractivity contribution is 0.0953. The smallest absolute Gasteiger partial charge is 0.253 e. The average molecular weight is 347 g/mol.